The molecule has 1 saturated heterocycles. The number of rotatable bonds is 13. The highest BCUT2D eigenvalue weighted by atomic mass is 16.4. The molecule has 8 nitrogen and oxygen atoms in total. The Morgan fingerprint density at radius 1 is 1.07 bits per heavy atom. The molecule has 0 radical (unpaired) electrons. The third-order valence-corrected chi connectivity index (χ3v) is 5.58. The molecule has 0 spiro atoms. The van der Waals surface area contributed by atoms with Crippen LogP contribution in [0.2, 0.25) is 0 Å². The lowest BCUT2D eigenvalue weighted by molar-refractivity contribution is -0.149. The number of aliphatic carboxylic acids is 2. The molecule has 1 amide bonds. The first-order valence-corrected chi connectivity index (χ1v) is 10.7. The average Bonchev–Trinajstić information content (AvgIpc) is 3.23. The largest absolute Gasteiger partial charge is 0.480 e. The van der Waals surface area contributed by atoms with Crippen LogP contribution in [0.25, 0.3) is 0 Å². The van der Waals surface area contributed by atoms with Gasteiger partial charge in [-0.15, -0.1) is 0 Å². The summed E-state index contributed by atoms with van der Waals surface area (Å²) in [7, 11) is 0. The third kappa shape index (κ3) is 7.11. The van der Waals surface area contributed by atoms with Gasteiger partial charge in [-0.05, 0) is 50.6 Å². The molecular formula is C22H33N3O5. The minimum Gasteiger partial charge on any atom is -0.480 e. The summed E-state index contributed by atoms with van der Waals surface area (Å²) >= 11 is 0. The Kier molecular flexibility index (Phi) is 9.76. The van der Waals surface area contributed by atoms with Crippen molar-refractivity contribution >= 4 is 17.8 Å². The Hall–Kier alpha value is -2.45. The molecule has 5 N–H and O–H groups in total. The monoisotopic (exact) mass is 419 g/mol. The Morgan fingerprint density at radius 3 is 2.43 bits per heavy atom. The Morgan fingerprint density at radius 2 is 1.80 bits per heavy atom. The van der Waals surface area contributed by atoms with Gasteiger partial charge in [-0.3, -0.25) is 14.9 Å². The van der Waals surface area contributed by atoms with Gasteiger partial charge >= 0.3 is 11.9 Å². The zero-order valence-corrected chi connectivity index (χ0v) is 17.3. The molecule has 0 bridgehead atoms. The maximum Gasteiger partial charge on any atom is 0.326 e. The van der Waals surface area contributed by atoms with E-state index >= 15 is 0 Å². The van der Waals surface area contributed by atoms with E-state index in [2.05, 4.69) is 5.32 Å². The highest BCUT2D eigenvalue weighted by Crippen LogP contribution is 2.20. The van der Waals surface area contributed by atoms with Crippen molar-refractivity contribution in [2.24, 2.45) is 5.73 Å². The Bertz CT molecular complexity index is 697. The fraction of sp³-hybridized carbons (Fsp3) is 0.591. The third-order valence-electron chi connectivity index (χ3n) is 5.58. The predicted molar refractivity (Wildman–Crippen MR) is 113 cm³/mol. The van der Waals surface area contributed by atoms with Crippen LogP contribution in [0.3, 0.4) is 0 Å². The van der Waals surface area contributed by atoms with Gasteiger partial charge in [-0.2, -0.15) is 0 Å². The summed E-state index contributed by atoms with van der Waals surface area (Å²) in [5.41, 5.74) is 6.57. The quantitative estimate of drug-likeness (QED) is 0.357. The van der Waals surface area contributed by atoms with Crippen molar-refractivity contribution in [2.75, 3.05) is 13.1 Å². The van der Waals surface area contributed by atoms with E-state index in [1.807, 2.05) is 30.3 Å². The summed E-state index contributed by atoms with van der Waals surface area (Å²) in [6.45, 7) is 0.951. The number of benzene rings is 1. The molecule has 1 aromatic rings. The average molecular weight is 420 g/mol. The van der Waals surface area contributed by atoms with Crippen molar-refractivity contribution in [3.8, 4) is 0 Å². The number of hydrogen-bond donors (Lipinski definition) is 4. The topological polar surface area (TPSA) is 133 Å². The minimum atomic E-state index is -1.01. The van der Waals surface area contributed by atoms with E-state index in [1.165, 1.54) is 4.90 Å². The number of unbranched alkanes of at least 4 members (excludes halogenated alkanes) is 2. The number of hydrogen-bond acceptors (Lipinski definition) is 5. The van der Waals surface area contributed by atoms with Gasteiger partial charge < -0.3 is 20.8 Å². The lowest BCUT2D eigenvalue weighted by Crippen LogP contribution is -2.54. The van der Waals surface area contributed by atoms with E-state index in [0.29, 0.717) is 45.2 Å². The molecule has 1 aliphatic heterocycles. The number of carboxylic acids is 2. The lowest BCUT2D eigenvalue weighted by atomic mass is 10.0. The molecule has 166 valence electrons. The van der Waals surface area contributed by atoms with E-state index in [1.54, 1.807) is 0 Å². The number of nitrogens with one attached hydrogen (secondary N) is 1. The predicted octanol–water partition coefficient (Wildman–Crippen LogP) is 1.63. The molecule has 2 rings (SSSR count). The summed E-state index contributed by atoms with van der Waals surface area (Å²) in [6, 6.07) is 7.15. The van der Waals surface area contributed by atoms with Crippen LogP contribution < -0.4 is 11.1 Å². The van der Waals surface area contributed by atoms with Crippen LogP contribution in [0.5, 0.6) is 0 Å². The first-order valence-electron chi connectivity index (χ1n) is 10.7. The summed E-state index contributed by atoms with van der Waals surface area (Å²) < 4.78 is 0. The highest BCUT2D eigenvalue weighted by molar-refractivity contribution is 5.88. The van der Waals surface area contributed by atoms with E-state index in [0.717, 1.165) is 24.8 Å². The van der Waals surface area contributed by atoms with Crippen molar-refractivity contribution in [1.29, 1.82) is 0 Å². The van der Waals surface area contributed by atoms with E-state index in [9.17, 15) is 24.6 Å². The van der Waals surface area contributed by atoms with Crippen LogP contribution in [0.15, 0.2) is 30.3 Å². The fourth-order valence-electron chi connectivity index (χ4n) is 3.91. The van der Waals surface area contributed by atoms with Crippen LogP contribution in [0.4, 0.5) is 0 Å². The van der Waals surface area contributed by atoms with Gasteiger partial charge in [0.1, 0.15) is 12.1 Å². The number of carbonyl (C=O) groups excluding carboxylic acids is 1. The fourth-order valence-corrected chi connectivity index (χ4v) is 3.91. The number of carboxylic acid groups (broad SMARTS) is 2. The maximum absolute atomic E-state index is 13.1. The van der Waals surface area contributed by atoms with Gasteiger partial charge in [0.25, 0.3) is 0 Å². The van der Waals surface area contributed by atoms with E-state index in [4.69, 9.17) is 5.73 Å². The van der Waals surface area contributed by atoms with Gasteiger partial charge in [-0.25, -0.2) is 4.79 Å². The summed E-state index contributed by atoms with van der Waals surface area (Å²) in [5.74, 6) is -2.35. The number of carbonyl (C=O) groups is 3. The molecule has 3 atom stereocenters. The minimum absolute atomic E-state index is 0.321. The molecule has 0 aliphatic carbocycles. The van der Waals surface area contributed by atoms with E-state index < -0.39 is 30.1 Å². The smallest absolute Gasteiger partial charge is 0.326 e. The van der Waals surface area contributed by atoms with Gasteiger partial charge in [0, 0.05) is 6.54 Å². The van der Waals surface area contributed by atoms with Crippen molar-refractivity contribution in [2.45, 2.75) is 69.5 Å². The standard InChI is InChI=1S/C22H33N3O5/c23-14-6-2-5-10-17(20(26)25-15-7-11-19(25)22(29)30)24-18(21(27)28)13-12-16-8-3-1-4-9-16/h1,3-4,8-9,17-19,24H,2,5-7,10-15,23H2,(H,27,28)(H,29,30)/t17-,18-,19-/m0/s1. The number of amides is 1. The van der Waals surface area contributed by atoms with Crippen LogP contribution in [0.1, 0.15) is 50.5 Å². The molecule has 0 saturated carbocycles. The van der Waals surface area contributed by atoms with Gasteiger partial charge in [0.2, 0.25) is 5.91 Å². The van der Waals surface area contributed by atoms with Crippen LogP contribution in [-0.2, 0) is 20.8 Å². The van der Waals surface area contributed by atoms with Crippen molar-refractivity contribution in [1.82, 2.24) is 10.2 Å². The summed E-state index contributed by atoms with van der Waals surface area (Å²) in [5, 5.41) is 22.1. The van der Waals surface area contributed by atoms with Crippen LogP contribution >= 0.6 is 0 Å². The second-order valence-electron chi connectivity index (χ2n) is 7.80. The second kappa shape index (κ2) is 12.3. The Labute approximate surface area is 177 Å². The van der Waals surface area contributed by atoms with Crippen molar-refractivity contribution in [3.63, 3.8) is 0 Å². The second-order valence-corrected chi connectivity index (χ2v) is 7.80. The van der Waals surface area contributed by atoms with Crippen LogP contribution in [-0.4, -0.2) is 64.2 Å². The zero-order valence-electron chi connectivity index (χ0n) is 17.3. The van der Waals surface area contributed by atoms with Gasteiger partial charge in [0.05, 0.1) is 6.04 Å². The number of nitrogens with two attached hydrogens (primary N) is 1. The normalized spacial score (nSPS) is 18.2. The van der Waals surface area contributed by atoms with E-state index in [-0.39, 0.29) is 5.91 Å². The lowest BCUT2D eigenvalue weighted by Gasteiger charge is -2.29. The highest BCUT2D eigenvalue weighted by Gasteiger charge is 2.38. The van der Waals surface area contributed by atoms with Gasteiger partial charge in [-0.1, -0.05) is 43.2 Å². The molecule has 0 aromatic heterocycles. The van der Waals surface area contributed by atoms with Crippen molar-refractivity contribution in [3.05, 3.63) is 35.9 Å². The van der Waals surface area contributed by atoms with Gasteiger partial charge in [0.15, 0.2) is 0 Å². The molecule has 8 heteroatoms. The molecular weight excluding hydrogens is 386 g/mol. The molecule has 1 heterocycles. The number of nitrogens with zero attached hydrogens (tertiary/aromatic N) is 1. The molecule has 1 fully saturated rings. The molecule has 1 aliphatic rings. The molecule has 30 heavy (non-hydrogen) atoms. The SMILES string of the molecule is NCCCCC[C@H](N[C@@H](CCc1ccccc1)C(=O)O)C(=O)N1CCC[C@H]1C(=O)O. The maximum atomic E-state index is 13.1. The van der Waals surface area contributed by atoms with Crippen LogP contribution in [0, 0.1) is 0 Å². The first kappa shape index (κ1) is 23.8. The molecule has 0 unspecified atom stereocenters. The summed E-state index contributed by atoms with van der Waals surface area (Å²) in [6.07, 6.45) is 4.82. The first-order chi connectivity index (χ1) is 14.4. The number of likely N-dealkylation sites (tertiary alicyclic amines) is 1. The number of aryl methyl sites for hydroxylation is 1. The molecule has 1 aromatic carbocycles. The van der Waals surface area contributed by atoms with Crippen molar-refractivity contribution < 1.29 is 24.6 Å². The Balaban J connectivity index is 2.07. The summed E-state index contributed by atoms with van der Waals surface area (Å²) in [4.78, 5) is 37.9. The zero-order chi connectivity index (χ0) is 21.9.